The van der Waals surface area contributed by atoms with Crippen molar-refractivity contribution in [1.29, 1.82) is 0 Å². The Morgan fingerprint density at radius 2 is 2.46 bits per heavy atom. The highest BCUT2D eigenvalue weighted by Gasteiger charge is 2.06. The van der Waals surface area contributed by atoms with Crippen LogP contribution in [0.1, 0.15) is 10.5 Å². The zero-order valence-electron chi connectivity index (χ0n) is 7.14. The number of carbonyl (C=O) groups is 1. The van der Waals surface area contributed by atoms with Crippen LogP contribution in [-0.4, -0.2) is 41.3 Å². The number of hydrogen-bond acceptors (Lipinski definition) is 4. The second kappa shape index (κ2) is 4.46. The molecule has 0 bridgehead atoms. The number of nitrogens with zero attached hydrogens (tertiary/aromatic N) is 2. The number of rotatable bonds is 5. The van der Waals surface area contributed by atoms with Gasteiger partial charge in [-0.15, -0.1) is 9.94 Å². The van der Waals surface area contributed by atoms with E-state index in [0.717, 1.165) is 4.85 Å². The quantitative estimate of drug-likeness (QED) is 0.636. The van der Waals surface area contributed by atoms with Crippen molar-refractivity contribution in [3.8, 4) is 0 Å². The summed E-state index contributed by atoms with van der Waals surface area (Å²) in [5.41, 5.74) is -0.0441. The summed E-state index contributed by atoms with van der Waals surface area (Å²) in [6.45, 7) is 0.763. The van der Waals surface area contributed by atoms with Crippen molar-refractivity contribution >= 4 is 5.97 Å². The zero-order chi connectivity index (χ0) is 9.68. The zero-order valence-corrected chi connectivity index (χ0v) is 7.14. The number of aromatic nitrogens is 2. The standard InChI is InChI=1S/C7H10N2O4/c1-12-4-5-13-9-3-2-6(8-9)7(10)11/h2-3H,4-5H2,1H3,(H,10,11). The summed E-state index contributed by atoms with van der Waals surface area (Å²) in [6.07, 6.45) is 1.43. The van der Waals surface area contributed by atoms with Crippen molar-refractivity contribution in [3.63, 3.8) is 0 Å². The number of carboxylic acid groups (broad SMARTS) is 1. The Morgan fingerprint density at radius 3 is 3.00 bits per heavy atom. The van der Waals surface area contributed by atoms with Gasteiger partial charge in [0.15, 0.2) is 5.69 Å². The molecule has 0 saturated heterocycles. The molecule has 72 valence electrons. The molecule has 0 amide bonds. The lowest BCUT2D eigenvalue weighted by molar-refractivity contribution is 0.0380. The second-order valence-electron chi connectivity index (χ2n) is 2.23. The molecule has 0 unspecified atom stereocenters. The Balaban J connectivity index is 2.44. The second-order valence-corrected chi connectivity index (χ2v) is 2.23. The molecule has 0 aromatic carbocycles. The van der Waals surface area contributed by atoms with E-state index in [1.807, 2.05) is 0 Å². The maximum Gasteiger partial charge on any atom is 0.356 e. The topological polar surface area (TPSA) is 73.6 Å². The first-order chi connectivity index (χ1) is 6.24. The van der Waals surface area contributed by atoms with Gasteiger partial charge in [-0.05, 0) is 6.07 Å². The van der Waals surface area contributed by atoms with Gasteiger partial charge >= 0.3 is 5.97 Å². The van der Waals surface area contributed by atoms with Gasteiger partial charge in [0.25, 0.3) is 0 Å². The summed E-state index contributed by atoms with van der Waals surface area (Å²) in [6, 6.07) is 1.36. The van der Waals surface area contributed by atoms with E-state index in [4.69, 9.17) is 14.7 Å². The van der Waals surface area contributed by atoms with Crippen LogP contribution in [0.2, 0.25) is 0 Å². The minimum atomic E-state index is -1.07. The third kappa shape index (κ3) is 2.75. The third-order valence-corrected chi connectivity index (χ3v) is 1.30. The van der Waals surface area contributed by atoms with Crippen LogP contribution in [0.25, 0.3) is 0 Å². The van der Waals surface area contributed by atoms with E-state index in [-0.39, 0.29) is 5.69 Å². The Labute approximate surface area is 74.6 Å². The largest absolute Gasteiger partial charge is 0.476 e. The van der Waals surface area contributed by atoms with E-state index >= 15 is 0 Å². The lowest BCUT2D eigenvalue weighted by atomic mass is 10.5. The summed E-state index contributed by atoms with van der Waals surface area (Å²) < 4.78 is 4.74. The number of ether oxygens (including phenoxy) is 1. The van der Waals surface area contributed by atoms with Crippen LogP contribution in [-0.2, 0) is 4.74 Å². The third-order valence-electron chi connectivity index (χ3n) is 1.30. The molecule has 0 atom stereocenters. The molecular weight excluding hydrogens is 176 g/mol. The van der Waals surface area contributed by atoms with Crippen LogP contribution in [0.4, 0.5) is 0 Å². The maximum absolute atomic E-state index is 10.4. The lowest BCUT2D eigenvalue weighted by Gasteiger charge is -2.02. The Morgan fingerprint density at radius 1 is 1.69 bits per heavy atom. The fraction of sp³-hybridized carbons (Fsp3) is 0.429. The van der Waals surface area contributed by atoms with Gasteiger partial charge in [0.2, 0.25) is 0 Å². The highest BCUT2D eigenvalue weighted by Crippen LogP contribution is 1.92. The monoisotopic (exact) mass is 186 g/mol. The fourth-order valence-electron chi connectivity index (χ4n) is 0.707. The van der Waals surface area contributed by atoms with E-state index in [0.29, 0.717) is 13.2 Å². The molecule has 0 aliphatic heterocycles. The molecule has 0 fully saturated rings. The summed E-state index contributed by atoms with van der Waals surface area (Å²) in [7, 11) is 1.55. The molecule has 1 heterocycles. The molecule has 0 spiro atoms. The van der Waals surface area contributed by atoms with Crippen molar-refractivity contribution in [2.75, 3.05) is 20.3 Å². The average Bonchev–Trinajstić information content (AvgIpc) is 2.53. The first-order valence-corrected chi connectivity index (χ1v) is 3.65. The highest BCUT2D eigenvalue weighted by molar-refractivity contribution is 5.84. The van der Waals surface area contributed by atoms with Gasteiger partial charge in [0, 0.05) is 7.11 Å². The van der Waals surface area contributed by atoms with E-state index in [1.54, 1.807) is 7.11 Å². The predicted molar refractivity (Wildman–Crippen MR) is 42.5 cm³/mol. The first-order valence-electron chi connectivity index (χ1n) is 3.65. The van der Waals surface area contributed by atoms with Crippen LogP contribution in [0.15, 0.2) is 12.3 Å². The maximum atomic E-state index is 10.4. The molecule has 1 N–H and O–H groups in total. The van der Waals surface area contributed by atoms with Crippen molar-refractivity contribution in [2.24, 2.45) is 0 Å². The Hall–Kier alpha value is -1.56. The molecule has 6 nitrogen and oxygen atoms in total. The molecule has 0 aliphatic carbocycles. The van der Waals surface area contributed by atoms with Gasteiger partial charge in [-0.2, -0.15) is 0 Å². The molecule has 1 aromatic heterocycles. The van der Waals surface area contributed by atoms with E-state index in [1.165, 1.54) is 12.3 Å². The molecule has 1 aromatic rings. The molecule has 1 rings (SSSR count). The first kappa shape index (κ1) is 9.53. The predicted octanol–water partition coefficient (Wildman–Crippen LogP) is -0.344. The van der Waals surface area contributed by atoms with Crippen molar-refractivity contribution in [3.05, 3.63) is 18.0 Å². The molecule has 13 heavy (non-hydrogen) atoms. The minimum absolute atomic E-state index is 0.0441. The minimum Gasteiger partial charge on any atom is -0.476 e. The normalized spacial score (nSPS) is 9.92. The molecular formula is C7H10N2O4. The van der Waals surface area contributed by atoms with Gasteiger partial charge in [0.1, 0.15) is 6.61 Å². The van der Waals surface area contributed by atoms with Gasteiger partial charge < -0.3 is 14.7 Å². The molecule has 6 heteroatoms. The Bertz CT molecular complexity index is 284. The number of aromatic carboxylic acids is 1. The van der Waals surface area contributed by atoms with Crippen LogP contribution >= 0.6 is 0 Å². The number of methoxy groups -OCH3 is 1. The lowest BCUT2D eigenvalue weighted by Crippen LogP contribution is -2.17. The van der Waals surface area contributed by atoms with Gasteiger partial charge in [-0.1, -0.05) is 0 Å². The SMILES string of the molecule is COCCOn1ccc(C(=O)O)n1. The van der Waals surface area contributed by atoms with Crippen molar-refractivity contribution in [1.82, 2.24) is 9.94 Å². The van der Waals surface area contributed by atoms with E-state index in [9.17, 15) is 4.79 Å². The van der Waals surface area contributed by atoms with Crippen molar-refractivity contribution in [2.45, 2.75) is 0 Å². The number of hydrogen-bond donors (Lipinski definition) is 1. The fourth-order valence-corrected chi connectivity index (χ4v) is 0.707. The van der Waals surface area contributed by atoms with Crippen LogP contribution in [0.5, 0.6) is 0 Å². The molecule has 0 aliphatic rings. The van der Waals surface area contributed by atoms with Crippen LogP contribution in [0, 0.1) is 0 Å². The van der Waals surface area contributed by atoms with E-state index < -0.39 is 5.97 Å². The molecule has 0 radical (unpaired) electrons. The summed E-state index contributed by atoms with van der Waals surface area (Å²) in [4.78, 5) is 16.5. The summed E-state index contributed by atoms with van der Waals surface area (Å²) >= 11 is 0. The smallest absolute Gasteiger partial charge is 0.356 e. The van der Waals surface area contributed by atoms with Gasteiger partial charge in [-0.25, -0.2) is 4.79 Å². The van der Waals surface area contributed by atoms with E-state index in [2.05, 4.69) is 5.10 Å². The average molecular weight is 186 g/mol. The summed E-state index contributed by atoms with van der Waals surface area (Å²) in [5.74, 6) is -1.07. The van der Waals surface area contributed by atoms with Gasteiger partial charge in [-0.3, -0.25) is 0 Å². The van der Waals surface area contributed by atoms with Crippen molar-refractivity contribution < 1.29 is 19.5 Å². The van der Waals surface area contributed by atoms with Crippen LogP contribution < -0.4 is 4.84 Å². The van der Waals surface area contributed by atoms with Crippen LogP contribution in [0.3, 0.4) is 0 Å². The van der Waals surface area contributed by atoms with Gasteiger partial charge in [0.05, 0.1) is 12.8 Å². The Kier molecular flexibility index (Phi) is 3.27. The number of carboxylic acids is 1. The highest BCUT2D eigenvalue weighted by atomic mass is 16.7. The molecule has 0 saturated carbocycles. The summed E-state index contributed by atoms with van der Waals surface area (Å²) in [5, 5.41) is 12.1.